The van der Waals surface area contributed by atoms with Crippen molar-refractivity contribution in [3.63, 3.8) is 0 Å². The van der Waals surface area contributed by atoms with E-state index in [0.29, 0.717) is 18.2 Å². The average Bonchev–Trinajstić information content (AvgIpc) is 2.47. The number of hydrogen-bond donors (Lipinski definition) is 0. The Morgan fingerprint density at radius 2 is 1.60 bits per heavy atom. The number of benzene rings is 1. The Hall–Kier alpha value is -2.10. The normalized spacial score (nSPS) is 10.7. The van der Waals surface area contributed by atoms with Crippen LogP contribution in [0.4, 0.5) is 0 Å². The first-order chi connectivity index (χ1) is 9.65. The van der Waals surface area contributed by atoms with Crippen LogP contribution in [0.3, 0.4) is 0 Å². The molecule has 0 bridgehead atoms. The van der Waals surface area contributed by atoms with Gasteiger partial charge in [-0.05, 0) is 5.56 Å². The Morgan fingerprint density at radius 3 is 2.15 bits per heavy atom. The summed E-state index contributed by atoms with van der Waals surface area (Å²) in [6, 6.07) is 10.1. The molecule has 1 heterocycles. The summed E-state index contributed by atoms with van der Waals surface area (Å²) in [4.78, 5) is 9.12. The highest BCUT2D eigenvalue weighted by molar-refractivity contribution is 5.34. The maximum absolute atomic E-state index is 5.38. The summed E-state index contributed by atoms with van der Waals surface area (Å²) >= 11 is 0. The van der Waals surface area contributed by atoms with Crippen molar-refractivity contribution in [1.82, 2.24) is 9.97 Å². The van der Waals surface area contributed by atoms with Crippen LogP contribution in [0.2, 0.25) is 0 Å². The number of methoxy groups -OCH3 is 2. The quantitative estimate of drug-likeness (QED) is 0.838. The third-order valence-corrected chi connectivity index (χ3v) is 3.07. The molecule has 2 rings (SSSR count). The first-order valence-corrected chi connectivity index (χ1v) is 6.68. The van der Waals surface area contributed by atoms with Crippen molar-refractivity contribution in [3.8, 4) is 11.8 Å². The zero-order chi connectivity index (χ0) is 14.5. The summed E-state index contributed by atoms with van der Waals surface area (Å²) in [6.07, 6.45) is 0.672. The molecule has 0 aliphatic carbocycles. The summed E-state index contributed by atoms with van der Waals surface area (Å²) < 4.78 is 10.7. The molecular weight excluding hydrogens is 252 g/mol. The van der Waals surface area contributed by atoms with Crippen molar-refractivity contribution in [3.05, 3.63) is 47.3 Å². The second-order valence-electron chi connectivity index (χ2n) is 4.89. The van der Waals surface area contributed by atoms with E-state index in [1.165, 1.54) is 5.56 Å². The van der Waals surface area contributed by atoms with Crippen LogP contribution < -0.4 is 9.47 Å². The van der Waals surface area contributed by atoms with Gasteiger partial charge < -0.3 is 9.47 Å². The summed E-state index contributed by atoms with van der Waals surface area (Å²) in [5.74, 6) is 1.38. The van der Waals surface area contributed by atoms with E-state index < -0.39 is 0 Å². The first-order valence-electron chi connectivity index (χ1n) is 6.68. The van der Waals surface area contributed by atoms with Crippen LogP contribution >= 0.6 is 0 Å². The van der Waals surface area contributed by atoms with Gasteiger partial charge in [0.25, 0.3) is 0 Å². The molecule has 0 N–H and O–H groups in total. The summed E-state index contributed by atoms with van der Waals surface area (Å²) in [5, 5.41) is 0. The smallest absolute Gasteiger partial charge is 0.236 e. The number of aromatic nitrogens is 2. The third kappa shape index (κ3) is 3.07. The Bertz CT molecular complexity index is 568. The summed E-state index contributed by atoms with van der Waals surface area (Å²) in [7, 11) is 3.24. The lowest BCUT2D eigenvalue weighted by Crippen LogP contribution is -2.07. The number of nitrogens with zero attached hydrogens (tertiary/aromatic N) is 2. The molecule has 20 heavy (non-hydrogen) atoms. The molecule has 0 aliphatic rings. The van der Waals surface area contributed by atoms with Gasteiger partial charge in [-0.3, -0.25) is 0 Å². The molecule has 1 aromatic heterocycles. The highest BCUT2D eigenvalue weighted by Crippen LogP contribution is 2.28. The SMILES string of the molecule is COc1nc(C(C)C)c(OC)nc1Cc1ccccc1. The monoisotopic (exact) mass is 272 g/mol. The Balaban J connectivity index is 2.42. The topological polar surface area (TPSA) is 44.2 Å². The lowest BCUT2D eigenvalue weighted by atomic mass is 10.1. The molecule has 0 aliphatic heterocycles. The van der Waals surface area contributed by atoms with E-state index in [4.69, 9.17) is 9.47 Å². The molecule has 106 valence electrons. The fourth-order valence-corrected chi connectivity index (χ4v) is 2.04. The summed E-state index contributed by atoms with van der Waals surface area (Å²) in [6.45, 7) is 4.12. The van der Waals surface area contributed by atoms with Gasteiger partial charge in [-0.2, -0.15) is 0 Å². The lowest BCUT2D eigenvalue weighted by Gasteiger charge is -2.14. The largest absolute Gasteiger partial charge is 0.480 e. The fraction of sp³-hybridized carbons (Fsp3) is 0.375. The van der Waals surface area contributed by atoms with E-state index in [1.807, 2.05) is 18.2 Å². The highest BCUT2D eigenvalue weighted by Gasteiger charge is 2.17. The molecule has 0 amide bonds. The maximum atomic E-state index is 5.38. The Labute approximate surface area is 119 Å². The van der Waals surface area contributed by atoms with Gasteiger partial charge in [0.15, 0.2) is 0 Å². The van der Waals surface area contributed by atoms with Gasteiger partial charge >= 0.3 is 0 Å². The van der Waals surface area contributed by atoms with Crippen LogP contribution in [-0.2, 0) is 6.42 Å². The van der Waals surface area contributed by atoms with E-state index in [9.17, 15) is 0 Å². The average molecular weight is 272 g/mol. The van der Waals surface area contributed by atoms with Crippen molar-refractivity contribution in [2.75, 3.05) is 14.2 Å². The lowest BCUT2D eigenvalue weighted by molar-refractivity contribution is 0.360. The molecule has 2 aromatic rings. The highest BCUT2D eigenvalue weighted by atomic mass is 16.5. The summed E-state index contributed by atoms with van der Waals surface area (Å²) in [5.41, 5.74) is 2.78. The predicted octanol–water partition coefficient (Wildman–Crippen LogP) is 3.21. The van der Waals surface area contributed by atoms with E-state index in [0.717, 1.165) is 11.4 Å². The van der Waals surface area contributed by atoms with Gasteiger partial charge in [-0.25, -0.2) is 9.97 Å². The molecule has 1 aromatic carbocycles. The second-order valence-corrected chi connectivity index (χ2v) is 4.89. The molecule has 0 unspecified atom stereocenters. The number of hydrogen-bond acceptors (Lipinski definition) is 4. The van der Waals surface area contributed by atoms with Gasteiger partial charge in [0, 0.05) is 12.3 Å². The minimum atomic E-state index is 0.233. The van der Waals surface area contributed by atoms with E-state index in [1.54, 1.807) is 14.2 Å². The fourth-order valence-electron chi connectivity index (χ4n) is 2.04. The predicted molar refractivity (Wildman–Crippen MR) is 78.5 cm³/mol. The third-order valence-electron chi connectivity index (χ3n) is 3.07. The zero-order valence-corrected chi connectivity index (χ0v) is 12.4. The Kier molecular flexibility index (Phi) is 4.56. The van der Waals surface area contributed by atoms with Crippen LogP contribution in [0.5, 0.6) is 11.8 Å². The number of rotatable bonds is 5. The van der Waals surface area contributed by atoms with Gasteiger partial charge in [0.1, 0.15) is 11.4 Å². The van der Waals surface area contributed by atoms with Crippen LogP contribution in [0.1, 0.15) is 36.7 Å². The first kappa shape index (κ1) is 14.3. The van der Waals surface area contributed by atoms with Gasteiger partial charge in [0.2, 0.25) is 11.8 Å². The van der Waals surface area contributed by atoms with Gasteiger partial charge in [0.05, 0.1) is 14.2 Å². The van der Waals surface area contributed by atoms with Crippen molar-refractivity contribution >= 4 is 0 Å². The molecule has 0 saturated carbocycles. The van der Waals surface area contributed by atoms with E-state index in [2.05, 4.69) is 35.9 Å². The van der Waals surface area contributed by atoms with Crippen LogP contribution in [0.25, 0.3) is 0 Å². The molecule has 0 saturated heterocycles. The minimum Gasteiger partial charge on any atom is -0.480 e. The van der Waals surface area contributed by atoms with Crippen molar-refractivity contribution in [2.24, 2.45) is 0 Å². The molecular formula is C16H20N2O2. The zero-order valence-electron chi connectivity index (χ0n) is 12.4. The van der Waals surface area contributed by atoms with Crippen LogP contribution in [-0.4, -0.2) is 24.2 Å². The maximum Gasteiger partial charge on any atom is 0.236 e. The minimum absolute atomic E-state index is 0.233. The van der Waals surface area contributed by atoms with Crippen molar-refractivity contribution in [1.29, 1.82) is 0 Å². The standard InChI is InChI=1S/C16H20N2O2/c1-11(2)14-16(20-4)17-13(15(18-14)19-3)10-12-8-6-5-7-9-12/h5-9,11H,10H2,1-4H3. The van der Waals surface area contributed by atoms with Crippen molar-refractivity contribution in [2.45, 2.75) is 26.2 Å². The van der Waals surface area contributed by atoms with Gasteiger partial charge in [-0.15, -0.1) is 0 Å². The molecule has 0 fully saturated rings. The molecule has 0 spiro atoms. The number of ether oxygens (including phenoxy) is 2. The van der Waals surface area contributed by atoms with Crippen LogP contribution in [0, 0.1) is 0 Å². The second kappa shape index (κ2) is 6.37. The molecule has 0 atom stereocenters. The van der Waals surface area contributed by atoms with E-state index >= 15 is 0 Å². The van der Waals surface area contributed by atoms with Crippen molar-refractivity contribution < 1.29 is 9.47 Å². The molecule has 4 nitrogen and oxygen atoms in total. The van der Waals surface area contributed by atoms with Crippen LogP contribution in [0.15, 0.2) is 30.3 Å². The van der Waals surface area contributed by atoms with Gasteiger partial charge in [-0.1, -0.05) is 44.2 Å². The molecule has 4 heteroatoms. The Morgan fingerprint density at radius 1 is 0.950 bits per heavy atom. The molecule has 0 radical (unpaired) electrons. The van der Waals surface area contributed by atoms with E-state index in [-0.39, 0.29) is 5.92 Å².